The maximum Gasteiger partial charge on any atom is 0.0777 e. The zero-order valence-electron chi connectivity index (χ0n) is 6.14. The number of nitriles is 1. The van der Waals surface area contributed by atoms with Crippen molar-refractivity contribution in [1.29, 1.82) is 5.26 Å². The smallest absolute Gasteiger partial charge is 0.0777 e. The predicted octanol–water partition coefficient (Wildman–Crippen LogP) is 2.75. The van der Waals surface area contributed by atoms with Gasteiger partial charge in [0.05, 0.1) is 23.2 Å². The molecule has 0 radical (unpaired) electrons. The van der Waals surface area contributed by atoms with Crippen LogP contribution in [0.3, 0.4) is 0 Å². The van der Waals surface area contributed by atoms with Gasteiger partial charge in [0.15, 0.2) is 0 Å². The Labute approximate surface area is 84.1 Å². The van der Waals surface area contributed by atoms with Crippen molar-refractivity contribution in [2.24, 2.45) is 0 Å². The van der Waals surface area contributed by atoms with Crippen molar-refractivity contribution in [2.75, 3.05) is 5.73 Å². The molecule has 0 bridgehead atoms. The van der Waals surface area contributed by atoms with Gasteiger partial charge in [0, 0.05) is 4.47 Å². The first-order valence-electron chi connectivity index (χ1n) is 3.25. The van der Waals surface area contributed by atoms with Crippen molar-refractivity contribution in [3.8, 4) is 6.07 Å². The molecule has 0 amide bonds. The van der Waals surface area contributed by atoms with Crippen molar-refractivity contribution in [2.45, 2.75) is 6.42 Å². The normalized spacial score (nSPS) is 9.42. The first kappa shape index (κ1) is 9.37. The quantitative estimate of drug-likeness (QED) is 0.774. The number of nitrogens with two attached hydrogens (primary N) is 1. The third-order valence-electron chi connectivity index (χ3n) is 1.40. The summed E-state index contributed by atoms with van der Waals surface area (Å²) < 4.78 is 0.731. The number of anilines is 1. The Kier molecular flexibility index (Phi) is 2.96. The summed E-state index contributed by atoms with van der Waals surface area (Å²) >= 11 is 9.04. The Bertz CT molecular complexity index is 320. The Morgan fingerprint density at radius 3 is 2.75 bits per heavy atom. The summed E-state index contributed by atoms with van der Waals surface area (Å²) in [5.41, 5.74) is 6.94. The molecule has 62 valence electrons. The summed E-state index contributed by atoms with van der Waals surface area (Å²) in [5, 5.41) is 8.93. The fourth-order valence-corrected chi connectivity index (χ4v) is 1.49. The third-order valence-corrected chi connectivity index (χ3v) is 2.67. The molecule has 0 spiro atoms. The van der Waals surface area contributed by atoms with E-state index in [4.69, 9.17) is 22.6 Å². The fourth-order valence-electron chi connectivity index (χ4n) is 0.862. The molecule has 0 aliphatic heterocycles. The summed E-state index contributed by atoms with van der Waals surface area (Å²) in [7, 11) is 0. The molecule has 2 nitrogen and oxygen atoms in total. The van der Waals surface area contributed by atoms with E-state index in [2.05, 4.69) is 15.9 Å². The van der Waals surface area contributed by atoms with Crippen LogP contribution >= 0.6 is 27.5 Å². The average molecular weight is 246 g/mol. The number of benzene rings is 1. The molecule has 0 saturated heterocycles. The number of nitrogens with zero attached hydrogens (tertiary/aromatic N) is 1. The molecule has 2 N–H and O–H groups in total. The number of hydrogen-bond acceptors (Lipinski definition) is 2. The molecule has 0 fully saturated rings. The van der Waals surface area contributed by atoms with E-state index in [1.54, 1.807) is 12.1 Å². The van der Waals surface area contributed by atoms with Crippen LogP contribution in [0.1, 0.15) is 5.56 Å². The molecule has 1 aromatic rings. The molecule has 12 heavy (non-hydrogen) atoms. The van der Waals surface area contributed by atoms with Gasteiger partial charge in [-0.25, -0.2) is 0 Å². The van der Waals surface area contributed by atoms with E-state index < -0.39 is 0 Å². The lowest BCUT2D eigenvalue weighted by atomic mass is 10.1. The zero-order valence-corrected chi connectivity index (χ0v) is 8.48. The highest BCUT2D eigenvalue weighted by Gasteiger charge is 2.03. The summed E-state index contributed by atoms with van der Waals surface area (Å²) in [6.07, 6.45) is 0.347. The van der Waals surface area contributed by atoms with E-state index in [-0.39, 0.29) is 0 Å². The largest absolute Gasteiger partial charge is 0.397 e. The van der Waals surface area contributed by atoms with Gasteiger partial charge in [-0.15, -0.1) is 0 Å². The summed E-state index contributed by atoms with van der Waals surface area (Å²) in [4.78, 5) is 0. The maximum absolute atomic E-state index is 8.43. The highest BCUT2D eigenvalue weighted by Crippen LogP contribution is 2.29. The van der Waals surface area contributed by atoms with E-state index in [0.29, 0.717) is 17.1 Å². The minimum atomic E-state index is 0.347. The molecule has 1 aromatic carbocycles. The van der Waals surface area contributed by atoms with Gasteiger partial charge in [-0.1, -0.05) is 11.6 Å². The molecule has 0 aliphatic rings. The lowest BCUT2D eigenvalue weighted by Gasteiger charge is -2.02. The van der Waals surface area contributed by atoms with E-state index in [0.717, 1.165) is 10.0 Å². The van der Waals surface area contributed by atoms with Crippen molar-refractivity contribution in [3.63, 3.8) is 0 Å². The molecule has 0 atom stereocenters. The summed E-state index contributed by atoms with van der Waals surface area (Å²) in [5.74, 6) is 0. The summed E-state index contributed by atoms with van der Waals surface area (Å²) in [6.45, 7) is 0. The monoisotopic (exact) mass is 244 g/mol. The highest BCUT2D eigenvalue weighted by molar-refractivity contribution is 9.10. The van der Waals surface area contributed by atoms with Crippen LogP contribution in [0.25, 0.3) is 0 Å². The average Bonchev–Trinajstić information content (AvgIpc) is 2.01. The molecular weight excluding hydrogens is 239 g/mol. The van der Waals surface area contributed by atoms with E-state index >= 15 is 0 Å². The Morgan fingerprint density at radius 1 is 1.58 bits per heavy atom. The minimum absolute atomic E-state index is 0.347. The van der Waals surface area contributed by atoms with Gasteiger partial charge in [-0.3, -0.25) is 0 Å². The van der Waals surface area contributed by atoms with Gasteiger partial charge in [-0.05, 0) is 33.6 Å². The topological polar surface area (TPSA) is 49.8 Å². The molecule has 1 rings (SSSR count). The van der Waals surface area contributed by atoms with Crippen LogP contribution in [-0.2, 0) is 6.42 Å². The first-order chi connectivity index (χ1) is 5.65. The second-order valence-electron chi connectivity index (χ2n) is 2.32. The van der Waals surface area contributed by atoms with Gasteiger partial charge in [-0.2, -0.15) is 5.26 Å². The van der Waals surface area contributed by atoms with Gasteiger partial charge < -0.3 is 5.73 Å². The van der Waals surface area contributed by atoms with Crippen molar-refractivity contribution < 1.29 is 0 Å². The second-order valence-corrected chi connectivity index (χ2v) is 3.55. The molecule has 0 heterocycles. The van der Waals surface area contributed by atoms with Gasteiger partial charge in [0.2, 0.25) is 0 Å². The standard InChI is InChI=1S/C8H6BrClN2/c9-6-3-5(1-2-11)4-7(12)8(6)10/h3-4H,1,12H2. The SMILES string of the molecule is N#CCc1cc(N)c(Cl)c(Br)c1. The van der Waals surface area contributed by atoms with E-state index in [1.165, 1.54) is 0 Å². The molecule has 4 heteroatoms. The number of rotatable bonds is 1. The Morgan fingerprint density at radius 2 is 2.25 bits per heavy atom. The van der Waals surface area contributed by atoms with Gasteiger partial charge in [0.25, 0.3) is 0 Å². The number of hydrogen-bond donors (Lipinski definition) is 1. The number of nitrogen functional groups attached to an aromatic ring is 1. The van der Waals surface area contributed by atoms with Crippen molar-refractivity contribution in [3.05, 3.63) is 27.2 Å². The second kappa shape index (κ2) is 3.79. The van der Waals surface area contributed by atoms with E-state index in [9.17, 15) is 0 Å². The molecule has 0 aliphatic carbocycles. The van der Waals surface area contributed by atoms with Crippen molar-refractivity contribution >= 4 is 33.2 Å². The molecule has 0 unspecified atom stereocenters. The van der Waals surface area contributed by atoms with Gasteiger partial charge in [0.1, 0.15) is 0 Å². The molecular formula is C8H6BrClN2. The third kappa shape index (κ3) is 1.90. The first-order valence-corrected chi connectivity index (χ1v) is 4.42. The van der Waals surface area contributed by atoms with Crippen LogP contribution in [0, 0.1) is 11.3 Å². The van der Waals surface area contributed by atoms with Crippen LogP contribution in [0.5, 0.6) is 0 Å². The number of halogens is 2. The van der Waals surface area contributed by atoms with Crippen LogP contribution < -0.4 is 5.73 Å². The molecule has 0 saturated carbocycles. The Hall–Kier alpha value is -0.720. The van der Waals surface area contributed by atoms with Crippen molar-refractivity contribution in [1.82, 2.24) is 0 Å². The lowest BCUT2D eigenvalue weighted by Crippen LogP contribution is -1.90. The molecule has 0 aromatic heterocycles. The lowest BCUT2D eigenvalue weighted by molar-refractivity contribution is 1.26. The summed E-state index contributed by atoms with van der Waals surface area (Å²) in [6, 6.07) is 5.54. The van der Waals surface area contributed by atoms with Crippen LogP contribution in [0.15, 0.2) is 16.6 Å². The fraction of sp³-hybridized carbons (Fsp3) is 0.125. The van der Waals surface area contributed by atoms with Crippen LogP contribution in [-0.4, -0.2) is 0 Å². The predicted molar refractivity (Wildman–Crippen MR) is 52.9 cm³/mol. The maximum atomic E-state index is 8.43. The Balaban J connectivity index is 3.14. The zero-order chi connectivity index (χ0) is 9.14. The highest BCUT2D eigenvalue weighted by atomic mass is 79.9. The van der Waals surface area contributed by atoms with Gasteiger partial charge >= 0.3 is 0 Å². The minimum Gasteiger partial charge on any atom is -0.397 e. The van der Waals surface area contributed by atoms with E-state index in [1.807, 2.05) is 6.07 Å². The van der Waals surface area contributed by atoms with Crippen LogP contribution in [0.2, 0.25) is 5.02 Å². The van der Waals surface area contributed by atoms with Crippen LogP contribution in [0.4, 0.5) is 5.69 Å².